The van der Waals surface area contributed by atoms with Crippen LogP contribution in [0.5, 0.6) is 5.75 Å². The lowest BCUT2D eigenvalue weighted by molar-refractivity contribution is -0.122. The van der Waals surface area contributed by atoms with E-state index in [0.29, 0.717) is 32.2 Å². The quantitative estimate of drug-likeness (QED) is 0.649. The number of amides is 2. The number of hydrogen-bond acceptors (Lipinski definition) is 4. The number of nitrogens with one attached hydrogen (secondary N) is 2. The summed E-state index contributed by atoms with van der Waals surface area (Å²) in [5.74, 6) is 1.02. The van der Waals surface area contributed by atoms with Gasteiger partial charge in [-0.2, -0.15) is 0 Å². The minimum Gasteiger partial charge on any atom is -0.493 e. The molecule has 2 rings (SSSR count). The SMILES string of the molecule is CC(=O)NC[C@H]1CC[C@@H](CC(=O)NCCCOc2c(C)cccc2C)N1C. The molecule has 0 aromatic heterocycles. The summed E-state index contributed by atoms with van der Waals surface area (Å²) < 4.78 is 5.87. The van der Waals surface area contributed by atoms with Crippen LogP contribution in [-0.2, 0) is 9.59 Å². The lowest BCUT2D eigenvalue weighted by Crippen LogP contribution is -2.42. The molecule has 1 aromatic carbocycles. The Morgan fingerprint density at radius 3 is 2.48 bits per heavy atom. The minimum atomic E-state index is -0.00676. The number of rotatable bonds is 9. The average Bonchev–Trinajstić information content (AvgIpc) is 2.95. The molecule has 1 aliphatic rings. The number of ether oxygens (including phenoxy) is 1. The molecule has 0 unspecified atom stereocenters. The Balaban J connectivity index is 1.63. The number of nitrogens with zero attached hydrogens (tertiary/aromatic N) is 1. The Labute approximate surface area is 162 Å². The molecule has 6 nitrogen and oxygen atoms in total. The third-order valence-electron chi connectivity index (χ3n) is 5.29. The molecule has 0 radical (unpaired) electrons. The highest BCUT2D eigenvalue weighted by Crippen LogP contribution is 2.24. The van der Waals surface area contributed by atoms with Crippen LogP contribution in [0.3, 0.4) is 0 Å². The Hall–Kier alpha value is -2.08. The Morgan fingerprint density at radius 2 is 1.81 bits per heavy atom. The fourth-order valence-electron chi connectivity index (χ4n) is 3.63. The number of aryl methyl sites for hydroxylation is 2. The first-order valence-electron chi connectivity index (χ1n) is 9.80. The van der Waals surface area contributed by atoms with E-state index in [1.54, 1.807) is 0 Å². The van der Waals surface area contributed by atoms with Gasteiger partial charge < -0.3 is 15.4 Å². The summed E-state index contributed by atoms with van der Waals surface area (Å²) in [4.78, 5) is 25.5. The zero-order valence-corrected chi connectivity index (χ0v) is 17.0. The zero-order valence-electron chi connectivity index (χ0n) is 17.0. The topological polar surface area (TPSA) is 70.7 Å². The van der Waals surface area contributed by atoms with Gasteiger partial charge in [-0.3, -0.25) is 14.5 Å². The Kier molecular flexibility index (Phi) is 8.10. The van der Waals surface area contributed by atoms with Gasteiger partial charge in [-0.1, -0.05) is 18.2 Å². The molecule has 1 fully saturated rings. The van der Waals surface area contributed by atoms with E-state index in [-0.39, 0.29) is 17.9 Å². The number of benzene rings is 1. The molecule has 2 atom stereocenters. The Morgan fingerprint density at radius 1 is 1.15 bits per heavy atom. The second kappa shape index (κ2) is 10.3. The maximum absolute atomic E-state index is 12.2. The Bertz CT molecular complexity index is 627. The minimum absolute atomic E-state index is 0.00676. The number of carbonyl (C=O) groups is 2. The van der Waals surface area contributed by atoms with E-state index in [9.17, 15) is 9.59 Å². The van der Waals surface area contributed by atoms with Crippen molar-refractivity contribution in [1.82, 2.24) is 15.5 Å². The van der Waals surface area contributed by atoms with Crippen LogP contribution in [0.2, 0.25) is 0 Å². The van der Waals surface area contributed by atoms with Crippen LogP contribution in [0.1, 0.15) is 43.7 Å². The molecule has 0 saturated carbocycles. The molecule has 1 aromatic rings. The van der Waals surface area contributed by atoms with Crippen LogP contribution in [0.15, 0.2) is 18.2 Å². The summed E-state index contributed by atoms with van der Waals surface area (Å²) in [6.07, 6.45) is 3.29. The highest BCUT2D eigenvalue weighted by atomic mass is 16.5. The van der Waals surface area contributed by atoms with Crippen molar-refractivity contribution in [2.45, 2.75) is 58.5 Å². The smallest absolute Gasteiger partial charge is 0.221 e. The zero-order chi connectivity index (χ0) is 19.8. The van der Waals surface area contributed by atoms with E-state index in [1.165, 1.54) is 6.92 Å². The molecular formula is C21H33N3O3. The molecule has 1 aliphatic heterocycles. The molecule has 2 N–H and O–H groups in total. The maximum atomic E-state index is 12.2. The van der Waals surface area contributed by atoms with Gasteiger partial charge in [0.1, 0.15) is 5.75 Å². The molecular weight excluding hydrogens is 342 g/mol. The third kappa shape index (κ3) is 6.54. The van der Waals surface area contributed by atoms with Gasteiger partial charge in [-0.05, 0) is 51.3 Å². The summed E-state index contributed by atoms with van der Waals surface area (Å²) in [5.41, 5.74) is 2.27. The largest absolute Gasteiger partial charge is 0.493 e. The van der Waals surface area contributed by atoms with Gasteiger partial charge in [0, 0.05) is 38.5 Å². The number of para-hydroxylation sites is 1. The fraction of sp³-hybridized carbons (Fsp3) is 0.619. The molecule has 27 heavy (non-hydrogen) atoms. The summed E-state index contributed by atoms with van der Waals surface area (Å²) in [6.45, 7) is 7.48. The molecule has 2 amide bonds. The van der Waals surface area contributed by atoms with Crippen molar-refractivity contribution in [1.29, 1.82) is 0 Å². The number of likely N-dealkylation sites (tertiary alicyclic amines) is 1. The van der Waals surface area contributed by atoms with Gasteiger partial charge in [0.15, 0.2) is 0 Å². The number of likely N-dealkylation sites (N-methyl/N-ethyl adjacent to an activating group) is 1. The molecule has 0 bridgehead atoms. The van der Waals surface area contributed by atoms with Gasteiger partial charge in [-0.15, -0.1) is 0 Å². The van der Waals surface area contributed by atoms with Crippen molar-refractivity contribution in [2.24, 2.45) is 0 Å². The van der Waals surface area contributed by atoms with Crippen LogP contribution in [-0.4, -0.2) is 55.5 Å². The normalized spacial score (nSPS) is 19.7. The first-order chi connectivity index (χ1) is 12.9. The molecule has 1 heterocycles. The first-order valence-corrected chi connectivity index (χ1v) is 9.80. The fourth-order valence-corrected chi connectivity index (χ4v) is 3.63. The lowest BCUT2D eigenvalue weighted by atomic mass is 10.1. The third-order valence-corrected chi connectivity index (χ3v) is 5.29. The second-order valence-electron chi connectivity index (χ2n) is 7.46. The van der Waals surface area contributed by atoms with E-state index in [1.807, 2.05) is 39.1 Å². The van der Waals surface area contributed by atoms with Crippen LogP contribution in [0.25, 0.3) is 0 Å². The van der Waals surface area contributed by atoms with E-state index in [4.69, 9.17) is 4.74 Å². The maximum Gasteiger partial charge on any atom is 0.221 e. The molecule has 150 valence electrons. The number of hydrogen-bond donors (Lipinski definition) is 2. The predicted octanol–water partition coefficient (Wildman–Crippen LogP) is 2.18. The summed E-state index contributed by atoms with van der Waals surface area (Å²) in [5, 5.41) is 5.86. The van der Waals surface area contributed by atoms with Gasteiger partial charge >= 0.3 is 0 Å². The van der Waals surface area contributed by atoms with Crippen LogP contribution < -0.4 is 15.4 Å². The van der Waals surface area contributed by atoms with Crippen molar-refractivity contribution in [3.05, 3.63) is 29.3 Å². The van der Waals surface area contributed by atoms with Gasteiger partial charge in [0.05, 0.1) is 6.61 Å². The van der Waals surface area contributed by atoms with Crippen LogP contribution in [0.4, 0.5) is 0 Å². The van der Waals surface area contributed by atoms with E-state index >= 15 is 0 Å². The molecule has 1 saturated heterocycles. The van der Waals surface area contributed by atoms with Gasteiger partial charge in [0.2, 0.25) is 11.8 Å². The number of carbonyl (C=O) groups excluding carboxylic acids is 2. The van der Waals surface area contributed by atoms with Crippen LogP contribution >= 0.6 is 0 Å². The van der Waals surface area contributed by atoms with Crippen molar-refractivity contribution in [3.8, 4) is 5.75 Å². The lowest BCUT2D eigenvalue weighted by Gasteiger charge is -2.25. The van der Waals surface area contributed by atoms with Gasteiger partial charge in [0.25, 0.3) is 0 Å². The summed E-state index contributed by atoms with van der Waals surface area (Å²) in [7, 11) is 2.04. The van der Waals surface area contributed by atoms with E-state index in [2.05, 4.69) is 15.5 Å². The highest BCUT2D eigenvalue weighted by Gasteiger charge is 2.31. The standard InChI is InChI=1S/C21H33N3O3/c1-15-7-5-8-16(2)21(15)27-12-6-11-22-20(26)13-18-9-10-19(24(18)4)14-23-17(3)25/h5,7-8,18-19H,6,9-14H2,1-4H3,(H,22,26)(H,23,25)/t18-,19+/m0/s1. The van der Waals surface area contributed by atoms with Crippen molar-refractivity contribution in [3.63, 3.8) is 0 Å². The van der Waals surface area contributed by atoms with Crippen molar-refractivity contribution >= 4 is 11.8 Å². The van der Waals surface area contributed by atoms with Crippen molar-refractivity contribution < 1.29 is 14.3 Å². The monoisotopic (exact) mass is 375 g/mol. The van der Waals surface area contributed by atoms with Crippen molar-refractivity contribution in [2.75, 3.05) is 26.7 Å². The predicted molar refractivity (Wildman–Crippen MR) is 107 cm³/mol. The molecule has 0 spiro atoms. The van der Waals surface area contributed by atoms with E-state index in [0.717, 1.165) is 36.1 Å². The second-order valence-corrected chi connectivity index (χ2v) is 7.46. The van der Waals surface area contributed by atoms with Gasteiger partial charge in [-0.25, -0.2) is 0 Å². The summed E-state index contributed by atoms with van der Waals surface area (Å²) in [6, 6.07) is 6.67. The van der Waals surface area contributed by atoms with E-state index < -0.39 is 0 Å². The highest BCUT2D eigenvalue weighted by molar-refractivity contribution is 5.76. The summed E-state index contributed by atoms with van der Waals surface area (Å²) >= 11 is 0. The molecule has 6 heteroatoms. The first kappa shape index (κ1) is 21.2. The average molecular weight is 376 g/mol. The molecule has 0 aliphatic carbocycles. The van der Waals surface area contributed by atoms with Crippen LogP contribution in [0, 0.1) is 13.8 Å².